The highest BCUT2D eigenvalue weighted by molar-refractivity contribution is 5.87. The highest BCUT2D eigenvalue weighted by atomic mass is 16.2. The Labute approximate surface area is 80.9 Å². The molecule has 0 N–H and O–H groups in total. The van der Waals surface area contributed by atoms with Gasteiger partial charge >= 0.3 is 0 Å². The van der Waals surface area contributed by atoms with Crippen molar-refractivity contribution >= 4 is 5.91 Å². The van der Waals surface area contributed by atoms with Crippen LogP contribution in [0.2, 0.25) is 0 Å². The molecule has 1 unspecified atom stereocenters. The number of likely N-dealkylation sites (N-methyl/N-ethyl adjacent to an activating group) is 1. The number of amides is 1. The van der Waals surface area contributed by atoms with E-state index >= 15 is 0 Å². The van der Waals surface area contributed by atoms with Crippen LogP contribution in [0, 0.1) is 5.92 Å². The first kappa shape index (κ1) is 11.9. The summed E-state index contributed by atoms with van der Waals surface area (Å²) in [4.78, 5) is 13.2. The van der Waals surface area contributed by atoms with Crippen LogP contribution < -0.4 is 0 Å². The molecule has 0 aromatic rings. The van der Waals surface area contributed by atoms with E-state index in [1.54, 1.807) is 17.1 Å². The van der Waals surface area contributed by atoms with Crippen molar-refractivity contribution in [2.24, 2.45) is 5.92 Å². The quantitative estimate of drug-likeness (QED) is 0.481. The van der Waals surface area contributed by atoms with Gasteiger partial charge in [0, 0.05) is 19.2 Å². The van der Waals surface area contributed by atoms with Crippen LogP contribution in [0.1, 0.15) is 20.8 Å². The maximum absolute atomic E-state index is 11.4. The first-order chi connectivity index (χ1) is 6.00. The van der Waals surface area contributed by atoms with Crippen LogP contribution in [0.15, 0.2) is 24.8 Å². The lowest BCUT2D eigenvalue weighted by Crippen LogP contribution is -2.37. The predicted molar refractivity (Wildman–Crippen MR) is 56.4 cm³/mol. The molecule has 2 heteroatoms. The van der Waals surface area contributed by atoms with E-state index in [0.717, 1.165) is 0 Å². The molecule has 13 heavy (non-hydrogen) atoms. The fourth-order valence-electron chi connectivity index (χ4n) is 0.916. The van der Waals surface area contributed by atoms with Crippen LogP contribution in [-0.2, 0) is 4.79 Å². The Hall–Kier alpha value is -1.05. The van der Waals surface area contributed by atoms with E-state index in [4.69, 9.17) is 0 Å². The third-order valence-corrected chi connectivity index (χ3v) is 2.30. The average Bonchev–Trinajstić information content (AvgIpc) is 2.11. The third kappa shape index (κ3) is 3.92. The standard InChI is InChI=1S/C11H19NO/c1-6-7-8-11(13)12(5)10(4)9(2)3/h6-10H,1H2,2-5H3/b8-7-. The summed E-state index contributed by atoms with van der Waals surface area (Å²) >= 11 is 0. The van der Waals surface area contributed by atoms with E-state index in [2.05, 4.69) is 20.4 Å². The maximum atomic E-state index is 11.4. The van der Waals surface area contributed by atoms with Crippen LogP contribution in [0.25, 0.3) is 0 Å². The second kappa shape index (κ2) is 5.57. The first-order valence-corrected chi connectivity index (χ1v) is 4.56. The third-order valence-electron chi connectivity index (χ3n) is 2.30. The van der Waals surface area contributed by atoms with Crippen molar-refractivity contribution in [3.63, 3.8) is 0 Å². The molecule has 1 atom stereocenters. The molecule has 1 amide bonds. The SMILES string of the molecule is C=C/C=C\C(=O)N(C)C(C)C(C)C. The monoisotopic (exact) mass is 181 g/mol. The Morgan fingerprint density at radius 1 is 1.38 bits per heavy atom. The van der Waals surface area contributed by atoms with Gasteiger partial charge < -0.3 is 4.90 Å². The number of rotatable bonds is 4. The average molecular weight is 181 g/mol. The van der Waals surface area contributed by atoms with Gasteiger partial charge in [-0.1, -0.05) is 32.6 Å². The van der Waals surface area contributed by atoms with Gasteiger partial charge in [-0.15, -0.1) is 0 Å². The first-order valence-electron chi connectivity index (χ1n) is 4.56. The Morgan fingerprint density at radius 2 is 1.92 bits per heavy atom. The number of hydrogen-bond acceptors (Lipinski definition) is 1. The van der Waals surface area contributed by atoms with E-state index < -0.39 is 0 Å². The molecule has 2 nitrogen and oxygen atoms in total. The molecule has 0 bridgehead atoms. The number of carbonyl (C=O) groups excluding carboxylic acids is 1. The highest BCUT2D eigenvalue weighted by Crippen LogP contribution is 2.08. The summed E-state index contributed by atoms with van der Waals surface area (Å²) in [6, 6.07) is 0.266. The second-order valence-corrected chi connectivity index (χ2v) is 3.53. The van der Waals surface area contributed by atoms with Gasteiger partial charge in [0.2, 0.25) is 5.91 Å². The van der Waals surface area contributed by atoms with Gasteiger partial charge in [-0.05, 0) is 12.8 Å². The molecule has 0 radical (unpaired) electrons. The van der Waals surface area contributed by atoms with Crippen LogP contribution >= 0.6 is 0 Å². The van der Waals surface area contributed by atoms with Crippen molar-refractivity contribution < 1.29 is 4.79 Å². The van der Waals surface area contributed by atoms with E-state index in [1.165, 1.54) is 6.08 Å². The number of nitrogens with zero attached hydrogens (tertiary/aromatic N) is 1. The second-order valence-electron chi connectivity index (χ2n) is 3.53. The summed E-state index contributed by atoms with van der Waals surface area (Å²) in [6.07, 6.45) is 4.80. The zero-order chi connectivity index (χ0) is 10.4. The van der Waals surface area contributed by atoms with Gasteiger partial charge in [0.1, 0.15) is 0 Å². The molecule has 0 spiro atoms. The Balaban J connectivity index is 4.24. The van der Waals surface area contributed by atoms with Crippen molar-refractivity contribution in [2.75, 3.05) is 7.05 Å². The molecule has 0 aromatic heterocycles. The molecule has 0 aliphatic carbocycles. The lowest BCUT2D eigenvalue weighted by molar-refractivity contribution is -0.127. The summed E-state index contributed by atoms with van der Waals surface area (Å²) in [5.41, 5.74) is 0. The lowest BCUT2D eigenvalue weighted by Gasteiger charge is -2.26. The molecule has 0 saturated carbocycles. The summed E-state index contributed by atoms with van der Waals surface area (Å²) in [5, 5.41) is 0. The van der Waals surface area contributed by atoms with E-state index in [0.29, 0.717) is 5.92 Å². The lowest BCUT2D eigenvalue weighted by atomic mass is 10.1. The molecular formula is C11H19NO. The van der Waals surface area contributed by atoms with Crippen molar-refractivity contribution in [3.8, 4) is 0 Å². The summed E-state index contributed by atoms with van der Waals surface area (Å²) in [6.45, 7) is 9.77. The van der Waals surface area contributed by atoms with E-state index in [1.807, 2.05) is 14.0 Å². The molecule has 0 heterocycles. The van der Waals surface area contributed by atoms with E-state index in [-0.39, 0.29) is 11.9 Å². The van der Waals surface area contributed by atoms with Crippen LogP contribution in [0.4, 0.5) is 0 Å². The van der Waals surface area contributed by atoms with Crippen LogP contribution in [-0.4, -0.2) is 23.9 Å². The molecule has 74 valence electrons. The normalized spacial score (nSPS) is 13.3. The molecule has 0 aliphatic heterocycles. The smallest absolute Gasteiger partial charge is 0.246 e. The minimum Gasteiger partial charge on any atom is -0.339 e. The van der Waals surface area contributed by atoms with Gasteiger partial charge in [-0.25, -0.2) is 0 Å². The van der Waals surface area contributed by atoms with Crippen molar-refractivity contribution in [1.82, 2.24) is 4.90 Å². The van der Waals surface area contributed by atoms with Crippen LogP contribution in [0.5, 0.6) is 0 Å². The van der Waals surface area contributed by atoms with Crippen molar-refractivity contribution in [2.45, 2.75) is 26.8 Å². The van der Waals surface area contributed by atoms with Gasteiger partial charge in [0.05, 0.1) is 0 Å². The fourth-order valence-corrected chi connectivity index (χ4v) is 0.916. The molecule has 0 rings (SSSR count). The van der Waals surface area contributed by atoms with Crippen LogP contribution in [0.3, 0.4) is 0 Å². The number of hydrogen-bond donors (Lipinski definition) is 0. The number of allylic oxidation sites excluding steroid dienone is 2. The molecule has 0 fully saturated rings. The Bertz CT molecular complexity index is 206. The molecule has 0 aromatic carbocycles. The molecule has 0 saturated heterocycles. The van der Waals surface area contributed by atoms with Gasteiger partial charge in [0.15, 0.2) is 0 Å². The number of carbonyl (C=O) groups is 1. The summed E-state index contributed by atoms with van der Waals surface area (Å²) in [5.74, 6) is 0.507. The highest BCUT2D eigenvalue weighted by Gasteiger charge is 2.15. The minimum atomic E-state index is 0.0288. The van der Waals surface area contributed by atoms with Gasteiger partial charge in [-0.2, -0.15) is 0 Å². The molecular weight excluding hydrogens is 162 g/mol. The largest absolute Gasteiger partial charge is 0.339 e. The Kier molecular flexibility index (Phi) is 5.12. The zero-order valence-corrected chi connectivity index (χ0v) is 8.95. The summed E-state index contributed by atoms with van der Waals surface area (Å²) < 4.78 is 0. The van der Waals surface area contributed by atoms with Gasteiger partial charge in [0.25, 0.3) is 0 Å². The molecule has 0 aliphatic rings. The maximum Gasteiger partial charge on any atom is 0.246 e. The zero-order valence-electron chi connectivity index (χ0n) is 8.95. The van der Waals surface area contributed by atoms with E-state index in [9.17, 15) is 4.79 Å². The van der Waals surface area contributed by atoms with Gasteiger partial charge in [-0.3, -0.25) is 4.79 Å². The minimum absolute atomic E-state index is 0.0288. The summed E-state index contributed by atoms with van der Waals surface area (Å²) in [7, 11) is 1.82. The predicted octanol–water partition coefficient (Wildman–Crippen LogP) is 2.23. The van der Waals surface area contributed by atoms with Crippen molar-refractivity contribution in [3.05, 3.63) is 24.8 Å². The van der Waals surface area contributed by atoms with Crippen molar-refractivity contribution in [1.29, 1.82) is 0 Å². The topological polar surface area (TPSA) is 20.3 Å². The Morgan fingerprint density at radius 3 is 2.31 bits per heavy atom. The fraction of sp³-hybridized carbons (Fsp3) is 0.545.